The van der Waals surface area contributed by atoms with Crippen LogP contribution in [0.15, 0.2) is 24.4 Å². The van der Waals surface area contributed by atoms with Crippen LogP contribution in [0.4, 0.5) is 4.39 Å². The molecule has 0 spiro atoms. The number of esters is 1. The van der Waals surface area contributed by atoms with Gasteiger partial charge in [0.2, 0.25) is 5.95 Å². The van der Waals surface area contributed by atoms with E-state index in [1.165, 1.54) is 32.4 Å². The molecule has 0 aliphatic carbocycles. The van der Waals surface area contributed by atoms with E-state index < -0.39 is 11.9 Å². The molecule has 0 aliphatic heterocycles. The standard InChI is InChI=1S/C13H11FN2O3/c1-7(17)11-9(6-10(16-11)13(18)19-2)8-4-3-5-15-12(8)14/h3-6,16H,1-2H3. The largest absolute Gasteiger partial charge is 0.464 e. The number of ether oxygens (including phenoxy) is 1. The Kier molecular flexibility index (Phi) is 3.41. The fourth-order valence-corrected chi connectivity index (χ4v) is 1.75. The quantitative estimate of drug-likeness (QED) is 0.523. The summed E-state index contributed by atoms with van der Waals surface area (Å²) >= 11 is 0. The van der Waals surface area contributed by atoms with E-state index in [1.54, 1.807) is 6.07 Å². The highest BCUT2D eigenvalue weighted by Gasteiger charge is 2.20. The Hall–Kier alpha value is -2.50. The molecule has 0 unspecified atom stereocenters. The van der Waals surface area contributed by atoms with Crippen molar-refractivity contribution in [1.29, 1.82) is 0 Å². The minimum absolute atomic E-state index is 0.0888. The van der Waals surface area contributed by atoms with Crippen LogP contribution in [-0.2, 0) is 4.74 Å². The molecule has 2 aromatic rings. The first-order chi connectivity index (χ1) is 9.04. The number of Topliss-reactive ketones (excluding diaryl/α,β-unsaturated/α-hetero) is 1. The lowest BCUT2D eigenvalue weighted by atomic mass is 10.1. The fourth-order valence-electron chi connectivity index (χ4n) is 1.75. The molecule has 2 rings (SSSR count). The first-order valence-corrected chi connectivity index (χ1v) is 5.47. The van der Waals surface area contributed by atoms with Crippen LogP contribution in [0.1, 0.15) is 27.9 Å². The Labute approximate surface area is 108 Å². The lowest BCUT2D eigenvalue weighted by Gasteiger charge is -2.01. The number of nitrogens with one attached hydrogen (secondary N) is 1. The summed E-state index contributed by atoms with van der Waals surface area (Å²) in [6, 6.07) is 4.41. The van der Waals surface area contributed by atoms with Crippen molar-refractivity contribution in [3.63, 3.8) is 0 Å². The van der Waals surface area contributed by atoms with Gasteiger partial charge in [0.05, 0.1) is 12.8 Å². The Morgan fingerprint density at radius 1 is 1.37 bits per heavy atom. The van der Waals surface area contributed by atoms with E-state index in [0.29, 0.717) is 5.56 Å². The van der Waals surface area contributed by atoms with Crippen LogP contribution >= 0.6 is 0 Å². The number of hydrogen-bond donors (Lipinski definition) is 1. The van der Waals surface area contributed by atoms with Gasteiger partial charge in [-0.1, -0.05) is 0 Å². The van der Waals surface area contributed by atoms with E-state index in [0.717, 1.165) is 0 Å². The van der Waals surface area contributed by atoms with Gasteiger partial charge in [-0.15, -0.1) is 0 Å². The SMILES string of the molecule is COC(=O)c1cc(-c2cccnc2F)c(C(C)=O)[nH]1. The summed E-state index contributed by atoms with van der Waals surface area (Å²) in [5.41, 5.74) is 0.677. The molecule has 0 atom stereocenters. The fraction of sp³-hybridized carbons (Fsp3) is 0.154. The average molecular weight is 262 g/mol. The molecule has 19 heavy (non-hydrogen) atoms. The minimum Gasteiger partial charge on any atom is -0.464 e. The Balaban J connectivity index is 2.62. The average Bonchev–Trinajstić information content (AvgIpc) is 2.83. The maximum atomic E-state index is 13.7. The van der Waals surface area contributed by atoms with Crippen molar-refractivity contribution >= 4 is 11.8 Å². The molecule has 2 heterocycles. The van der Waals surface area contributed by atoms with Gasteiger partial charge in [0.15, 0.2) is 5.78 Å². The normalized spacial score (nSPS) is 10.3. The zero-order valence-corrected chi connectivity index (χ0v) is 10.4. The second kappa shape index (κ2) is 5.01. The number of carbonyl (C=O) groups excluding carboxylic acids is 2. The number of H-pyrrole nitrogens is 1. The minimum atomic E-state index is -0.708. The molecule has 1 N–H and O–H groups in total. The van der Waals surface area contributed by atoms with Crippen molar-refractivity contribution in [3.05, 3.63) is 41.7 Å². The highest BCUT2D eigenvalue weighted by Crippen LogP contribution is 2.27. The second-order valence-corrected chi connectivity index (χ2v) is 3.86. The Morgan fingerprint density at radius 2 is 2.11 bits per heavy atom. The van der Waals surface area contributed by atoms with E-state index in [4.69, 9.17) is 0 Å². The predicted molar refractivity (Wildman–Crippen MR) is 65.3 cm³/mol. The number of pyridine rings is 1. The molecule has 98 valence electrons. The van der Waals surface area contributed by atoms with Gasteiger partial charge in [0.1, 0.15) is 5.69 Å². The highest BCUT2D eigenvalue weighted by molar-refractivity contribution is 6.02. The van der Waals surface area contributed by atoms with Gasteiger partial charge >= 0.3 is 5.97 Å². The summed E-state index contributed by atoms with van der Waals surface area (Å²) < 4.78 is 18.2. The summed E-state index contributed by atoms with van der Waals surface area (Å²) in [5.74, 6) is -1.65. The number of aromatic nitrogens is 2. The predicted octanol–water partition coefficient (Wildman–Crippen LogP) is 2.21. The van der Waals surface area contributed by atoms with Crippen LogP contribution < -0.4 is 0 Å². The molecule has 0 aliphatic rings. The number of nitrogens with zero attached hydrogens (tertiary/aromatic N) is 1. The van der Waals surface area contributed by atoms with E-state index >= 15 is 0 Å². The van der Waals surface area contributed by atoms with E-state index in [2.05, 4.69) is 14.7 Å². The number of rotatable bonds is 3. The molecule has 5 nitrogen and oxygen atoms in total. The number of halogens is 1. The summed E-state index contributed by atoms with van der Waals surface area (Å²) in [4.78, 5) is 29.2. The smallest absolute Gasteiger partial charge is 0.354 e. The molecule has 0 saturated heterocycles. The number of aromatic amines is 1. The molecule has 0 saturated carbocycles. The van der Waals surface area contributed by atoms with Gasteiger partial charge in [-0.2, -0.15) is 4.39 Å². The molecular formula is C13H11FN2O3. The van der Waals surface area contributed by atoms with Crippen molar-refractivity contribution in [3.8, 4) is 11.1 Å². The first kappa shape index (κ1) is 12.9. The van der Waals surface area contributed by atoms with E-state index in [-0.39, 0.29) is 22.7 Å². The van der Waals surface area contributed by atoms with Gasteiger partial charge in [0.25, 0.3) is 0 Å². The monoisotopic (exact) mass is 262 g/mol. The summed E-state index contributed by atoms with van der Waals surface area (Å²) in [5, 5.41) is 0. The van der Waals surface area contributed by atoms with E-state index in [9.17, 15) is 14.0 Å². The van der Waals surface area contributed by atoms with Crippen LogP contribution in [0.3, 0.4) is 0 Å². The van der Waals surface area contributed by atoms with Gasteiger partial charge in [-0.05, 0) is 18.2 Å². The number of carbonyl (C=O) groups is 2. The van der Waals surface area contributed by atoms with Gasteiger partial charge < -0.3 is 9.72 Å². The number of methoxy groups -OCH3 is 1. The third kappa shape index (κ3) is 2.37. The lowest BCUT2D eigenvalue weighted by molar-refractivity contribution is 0.0595. The van der Waals surface area contributed by atoms with Crippen molar-refractivity contribution in [2.45, 2.75) is 6.92 Å². The summed E-state index contributed by atoms with van der Waals surface area (Å²) in [6.07, 6.45) is 1.31. The Bertz CT molecular complexity index is 649. The molecule has 0 fully saturated rings. The third-order valence-corrected chi connectivity index (χ3v) is 2.62. The highest BCUT2D eigenvalue weighted by atomic mass is 19.1. The van der Waals surface area contributed by atoms with Crippen LogP contribution in [0.2, 0.25) is 0 Å². The molecule has 0 radical (unpaired) electrons. The molecule has 0 aromatic carbocycles. The zero-order valence-electron chi connectivity index (χ0n) is 10.4. The van der Waals surface area contributed by atoms with Crippen molar-refractivity contribution in [2.24, 2.45) is 0 Å². The van der Waals surface area contributed by atoms with E-state index in [1.807, 2.05) is 0 Å². The number of ketones is 1. The van der Waals surface area contributed by atoms with Gasteiger partial charge in [-0.3, -0.25) is 4.79 Å². The summed E-state index contributed by atoms with van der Waals surface area (Å²) in [7, 11) is 1.22. The van der Waals surface area contributed by atoms with Crippen molar-refractivity contribution in [1.82, 2.24) is 9.97 Å². The zero-order chi connectivity index (χ0) is 14.0. The lowest BCUT2D eigenvalue weighted by Crippen LogP contribution is -2.02. The molecule has 0 amide bonds. The maximum absolute atomic E-state index is 13.7. The van der Waals surface area contributed by atoms with Gasteiger partial charge in [0, 0.05) is 24.2 Å². The van der Waals surface area contributed by atoms with Crippen molar-refractivity contribution < 1.29 is 18.7 Å². The molecule has 2 aromatic heterocycles. The molecule has 0 bridgehead atoms. The summed E-state index contributed by atoms with van der Waals surface area (Å²) in [6.45, 7) is 1.32. The van der Waals surface area contributed by atoms with Crippen LogP contribution in [-0.4, -0.2) is 28.8 Å². The van der Waals surface area contributed by atoms with Crippen molar-refractivity contribution in [2.75, 3.05) is 7.11 Å². The second-order valence-electron chi connectivity index (χ2n) is 3.86. The third-order valence-electron chi connectivity index (χ3n) is 2.62. The van der Waals surface area contributed by atoms with Crippen LogP contribution in [0.5, 0.6) is 0 Å². The molecule has 6 heteroatoms. The van der Waals surface area contributed by atoms with Gasteiger partial charge in [-0.25, -0.2) is 9.78 Å². The number of hydrogen-bond acceptors (Lipinski definition) is 4. The first-order valence-electron chi connectivity index (χ1n) is 5.47. The topological polar surface area (TPSA) is 72.0 Å². The maximum Gasteiger partial charge on any atom is 0.354 e. The molecular weight excluding hydrogens is 251 g/mol. The Morgan fingerprint density at radius 3 is 2.68 bits per heavy atom. The van der Waals surface area contributed by atoms with Crippen LogP contribution in [0, 0.1) is 5.95 Å². The van der Waals surface area contributed by atoms with Crippen LogP contribution in [0.25, 0.3) is 11.1 Å².